The van der Waals surface area contributed by atoms with E-state index in [2.05, 4.69) is 5.32 Å². The van der Waals surface area contributed by atoms with Crippen LogP contribution in [0.5, 0.6) is 17.2 Å². The molecule has 0 fully saturated rings. The van der Waals surface area contributed by atoms with Crippen LogP contribution in [-0.2, 0) is 14.8 Å². The zero-order valence-corrected chi connectivity index (χ0v) is 18.0. The second-order valence-electron chi connectivity index (χ2n) is 6.92. The minimum Gasteiger partial charge on any atom is -0.497 e. The van der Waals surface area contributed by atoms with Gasteiger partial charge in [-0.1, -0.05) is 19.1 Å². The highest BCUT2D eigenvalue weighted by molar-refractivity contribution is 7.92. The van der Waals surface area contributed by atoms with Crippen LogP contribution in [0.3, 0.4) is 0 Å². The molecule has 0 spiro atoms. The molecule has 30 heavy (non-hydrogen) atoms. The number of anilines is 1. The van der Waals surface area contributed by atoms with Gasteiger partial charge in [0.2, 0.25) is 15.9 Å². The van der Waals surface area contributed by atoms with E-state index in [0.29, 0.717) is 36.0 Å². The van der Waals surface area contributed by atoms with Gasteiger partial charge in [0.25, 0.3) is 0 Å². The third kappa shape index (κ3) is 4.96. The van der Waals surface area contributed by atoms with Gasteiger partial charge >= 0.3 is 0 Å². The molecule has 3 rings (SSSR count). The predicted molar refractivity (Wildman–Crippen MR) is 114 cm³/mol. The molecule has 0 bridgehead atoms. The summed E-state index contributed by atoms with van der Waals surface area (Å²) in [5.74, 6) is 1.47. The maximum absolute atomic E-state index is 12.9. The van der Waals surface area contributed by atoms with Gasteiger partial charge in [-0.25, -0.2) is 8.42 Å². The smallest absolute Gasteiger partial charge is 0.244 e. The molecule has 9 heteroatoms. The van der Waals surface area contributed by atoms with Crippen LogP contribution in [0.4, 0.5) is 5.69 Å². The molecular formula is C21H26N2O6S. The van der Waals surface area contributed by atoms with Gasteiger partial charge in [-0.05, 0) is 42.8 Å². The summed E-state index contributed by atoms with van der Waals surface area (Å²) in [6, 6.07) is 13.0. The molecule has 162 valence electrons. The van der Waals surface area contributed by atoms with Crippen LogP contribution in [-0.4, -0.2) is 53.0 Å². The lowest BCUT2D eigenvalue weighted by Gasteiger charge is -2.31. The standard InChI is InChI=1S/C21H26N2O6S/c1-4-18(23(30(3,25)26)15-9-11-16(27-2)12-10-15)21(24)22-13-17-14-28-19-7-5-6-8-20(19)29-17/h5-12,17-18H,4,13-14H2,1-3H3,(H,22,24)/t17-,18-/m1/s1. The third-order valence-corrected chi connectivity index (χ3v) is 5.91. The number of methoxy groups -OCH3 is 1. The molecule has 1 aliphatic heterocycles. The van der Waals surface area contributed by atoms with Gasteiger partial charge in [0.15, 0.2) is 11.5 Å². The number of ether oxygens (including phenoxy) is 3. The van der Waals surface area contributed by atoms with Gasteiger partial charge in [0.1, 0.15) is 24.5 Å². The molecule has 1 N–H and O–H groups in total. The Bertz CT molecular complexity index is 977. The number of carbonyl (C=O) groups is 1. The fourth-order valence-electron chi connectivity index (χ4n) is 3.29. The first-order valence-electron chi connectivity index (χ1n) is 9.63. The number of para-hydroxylation sites is 2. The average molecular weight is 435 g/mol. The van der Waals surface area contributed by atoms with Gasteiger partial charge in [-0.2, -0.15) is 0 Å². The molecule has 0 saturated carbocycles. The molecule has 0 aromatic heterocycles. The monoisotopic (exact) mass is 434 g/mol. The van der Waals surface area contributed by atoms with Crippen molar-refractivity contribution in [2.75, 3.05) is 30.8 Å². The molecule has 2 aromatic rings. The van der Waals surface area contributed by atoms with E-state index in [9.17, 15) is 13.2 Å². The molecule has 1 amide bonds. The second-order valence-corrected chi connectivity index (χ2v) is 8.78. The molecule has 0 unspecified atom stereocenters. The highest BCUT2D eigenvalue weighted by Gasteiger charge is 2.32. The van der Waals surface area contributed by atoms with Crippen LogP contribution in [0.15, 0.2) is 48.5 Å². The van der Waals surface area contributed by atoms with Gasteiger partial charge in [0, 0.05) is 0 Å². The molecule has 0 aliphatic carbocycles. The first-order chi connectivity index (χ1) is 14.3. The summed E-state index contributed by atoms with van der Waals surface area (Å²) >= 11 is 0. The summed E-state index contributed by atoms with van der Waals surface area (Å²) in [5, 5.41) is 2.80. The zero-order valence-electron chi connectivity index (χ0n) is 17.2. The van der Waals surface area contributed by atoms with Crippen molar-refractivity contribution in [3.63, 3.8) is 0 Å². The SMILES string of the molecule is CC[C@H](C(=O)NC[C@@H]1COc2ccccc2O1)N(c1ccc(OC)cc1)S(C)(=O)=O. The topological polar surface area (TPSA) is 94.2 Å². The number of nitrogens with zero attached hydrogens (tertiary/aromatic N) is 1. The van der Waals surface area contributed by atoms with Crippen molar-refractivity contribution in [3.8, 4) is 17.2 Å². The number of fused-ring (bicyclic) bond motifs is 1. The van der Waals surface area contributed by atoms with Crippen molar-refractivity contribution in [1.29, 1.82) is 0 Å². The van der Waals surface area contributed by atoms with E-state index >= 15 is 0 Å². The minimum atomic E-state index is -3.70. The predicted octanol–water partition coefficient (Wildman–Crippen LogP) is 2.20. The van der Waals surface area contributed by atoms with Gasteiger partial charge in [-0.3, -0.25) is 9.10 Å². The van der Waals surface area contributed by atoms with Gasteiger partial charge < -0.3 is 19.5 Å². The Morgan fingerprint density at radius 3 is 2.47 bits per heavy atom. The van der Waals surface area contributed by atoms with Gasteiger partial charge in [-0.15, -0.1) is 0 Å². The third-order valence-electron chi connectivity index (χ3n) is 4.73. The van der Waals surface area contributed by atoms with Crippen molar-refractivity contribution < 1.29 is 27.4 Å². The lowest BCUT2D eigenvalue weighted by molar-refractivity contribution is -0.122. The number of sulfonamides is 1. The molecule has 8 nitrogen and oxygen atoms in total. The van der Waals surface area contributed by atoms with Crippen molar-refractivity contribution in [2.24, 2.45) is 0 Å². The van der Waals surface area contributed by atoms with Crippen molar-refractivity contribution in [1.82, 2.24) is 5.32 Å². The van der Waals surface area contributed by atoms with E-state index in [0.717, 1.165) is 10.6 Å². The Labute approximate surface area is 176 Å². The lowest BCUT2D eigenvalue weighted by Crippen LogP contribution is -2.51. The number of nitrogens with one attached hydrogen (secondary N) is 1. The first-order valence-corrected chi connectivity index (χ1v) is 11.5. The lowest BCUT2D eigenvalue weighted by atomic mass is 10.2. The summed E-state index contributed by atoms with van der Waals surface area (Å²) < 4.78 is 42.8. The summed E-state index contributed by atoms with van der Waals surface area (Å²) in [6.07, 6.45) is 1.02. The molecule has 2 aromatic carbocycles. The van der Waals surface area contributed by atoms with Crippen LogP contribution in [0.2, 0.25) is 0 Å². The van der Waals surface area contributed by atoms with Crippen molar-refractivity contribution >= 4 is 21.6 Å². The highest BCUT2D eigenvalue weighted by Crippen LogP contribution is 2.30. The Balaban J connectivity index is 1.71. The van der Waals surface area contributed by atoms with Crippen LogP contribution >= 0.6 is 0 Å². The van der Waals surface area contributed by atoms with Crippen LogP contribution in [0.1, 0.15) is 13.3 Å². The number of benzene rings is 2. The Kier molecular flexibility index (Phi) is 6.71. The molecule has 1 aliphatic rings. The van der Waals surface area contributed by atoms with E-state index in [1.54, 1.807) is 37.3 Å². The molecule has 0 radical (unpaired) electrons. The molecular weight excluding hydrogens is 408 g/mol. The van der Waals surface area contributed by atoms with E-state index in [4.69, 9.17) is 14.2 Å². The number of carbonyl (C=O) groups excluding carboxylic acids is 1. The zero-order chi connectivity index (χ0) is 21.7. The van der Waals surface area contributed by atoms with Crippen LogP contribution in [0.25, 0.3) is 0 Å². The van der Waals surface area contributed by atoms with E-state index in [1.807, 2.05) is 18.2 Å². The second kappa shape index (κ2) is 9.25. The normalized spacial score (nSPS) is 16.4. The minimum absolute atomic E-state index is 0.198. The van der Waals surface area contributed by atoms with E-state index in [-0.39, 0.29) is 12.6 Å². The quantitative estimate of drug-likeness (QED) is 0.685. The molecule has 0 saturated heterocycles. The first kappa shape index (κ1) is 21.8. The van der Waals surface area contributed by atoms with Gasteiger partial charge in [0.05, 0.1) is 25.6 Å². The van der Waals surface area contributed by atoms with Crippen LogP contribution < -0.4 is 23.8 Å². The Morgan fingerprint density at radius 1 is 1.20 bits per heavy atom. The largest absolute Gasteiger partial charge is 0.497 e. The summed E-state index contributed by atoms with van der Waals surface area (Å²) in [4.78, 5) is 12.9. The highest BCUT2D eigenvalue weighted by atomic mass is 32.2. The number of hydrogen-bond donors (Lipinski definition) is 1. The molecule has 1 heterocycles. The van der Waals surface area contributed by atoms with E-state index in [1.165, 1.54) is 7.11 Å². The fraction of sp³-hybridized carbons (Fsp3) is 0.381. The fourth-order valence-corrected chi connectivity index (χ4v) is 4.50. The van der Waals surface area contributed by atoms with E-state index < -0.39 is 22.0 Å². The summed E-state index contributed by atoms with van der Waals surface area (Å²) in [5.41, 5.74) is 0.395. The maximum Gasteiger partial charge on any atom is 0.244 e. The van der Waals surface area contributed by atoms with Crippen molar-refractivity contribution in [3.05, 3.63) is 48.5 Å². The maximum atomic E-state index is 12.9. The van der Waals surface area contributed by atoms with Crippen LogP contribution in [0, 0.1) is 0 Å². The molecule has 2 atom stereocenters. The summed E-state index contributed by atoms with van der Waals surface area (Å²) in [6.45, 7) is 2.26. The van der Waals surface area contributed by atoms with Crippen molar-refractivity contribution in [2.45, 2.75) is 25.5 Å². The number of hydrogen-bond acceptors (Lipinski definition) is 6. The Morgan fingerprint density at radius 2 is 1.87 bits per heavy atom. The summed E-state index contributed by atoms with van der Waals surface area (Å²) in [7, 11) is -2.17. The Hall–Kier alpha value is -2.94. The number of rotatable bonds is 8. The average Bonchev–Trinajstić information content (AvgIpc) is 2.75. The number of amides is 1.